The van der Waals surface area contributed by atoms with E-state index in [4.69, 9.17) is 14.6 Å². The smallest absolute Gasteiger partial charge is 0.354 e. The van der Waals surface area contributed by atoms with E-state index < -0.39 is 0 Å². The van der Waals surface area contributed by atoms with Crippen LogP contribution in [0, 0.1) is 5.92 Å². The fourth-order valence-electron chi connectivity index (χ4n) is 4.55. The Kier molecular flexibility index (Phi) is 4.48. The van der Waals surface area contributed by atoms with Gasteiger partial charge >= 0.3 is 5.97 Å². The van der Waals surface area contributed by atoms with E-state index in [1.165, 1.54) is 0 Å². The molecule has 1 saturated heterocycles. The second kappa shape index (κ2) is 6.77. The number of rotatable bonds is 4. The molecular formula is C19H25N3O3. The maximum absolute atomic E-state index is 12.6. The van der Waals surface area contributed by atoms with Crippen molar-refractivity contribution in [3.05, 3.63) is 30.3 Å². The highest BCUT2D eigenvalue weighted by Crippen LogP contribution is 2.50. The number of esters is 1. The number of fused-ring (bicyclic) bond motifs is 1. The third-order valence-corrected chi connectivity index (χ3v) is 5.54. The van der Waals surface area contributed by atoms with Crippen LogP contribution in [0.25, 0.3) is 0 Å². The summed E-state index contributed by atoms with van der Waals surface area (Å²) in [6, 6.07) is 10.2. The summed E-state index contributed by atoms with van der Waals surface area (Å²) in [5.41, 5.74) is 1.34. The molecule has 1 aliphatic carbocycles. The molecule has 0 N–H and O–H groups in total. The Morgan fingerprint density at radius 2 is 2.08 bits per heavy atom. The predicted molar refractivity (Wildman–Crippen MR) is 95.5 cm³/mol. The molecule has 2 aliphatic heterocycles. The third-order valence-electron chi connectivity index (χ3n) is 5.54. The molecule has 2 fully saturated rings. The van der Waals surface area contributed by atoms with Gasteiger partial charge in [-0.25, -0.2) is 9.80 Å². The minimum atomic E-state index is -0.273. The van der Waals surface area contributed by atoms with Crippen LogP contribution in [0.2, 0.25) is 0 Å². The van der Waals surface area contributed by atoms with Crippen molar-refractivity contribution >= 4 is 17.4 Å². The second-order valence-electron chi connectivity index (χ2n) is 6.78. The van der Waals surface area contributed by atoms with E-state index in [1.54, 1.807) is 0 Å². The number of benzene rings is 1. The Morgan fingerprint density at radius 3 is 2.80 bits per heavy atom. The summed E-state index contributed by atoms with van der Waals surface area (Å²) in [6.45, 7) is 5.40. The van der Waals surface area contributed by atoms with Gasteiger partial charge in [0, 0.05) is 19.0 Å². The number of carbonyl (C=O) groups is 1. The monoisotopic (exact) mass is 343 g/mol. The fourth-order valence-corrected chi connectivity index (χ4v) is 4.55. The third kappa shape index (κ3) is 2.64. The van der Waals surface area contributed by atoms with Gasteiger partial charge in [-0.2, -0.15) is 5.10 Å². The first-order chi connectivity index (χ1) is 12.3. The van der Waals surface area contributed by atoms with Crippen LogP contribution in [0.3, 0.4) is 0 Å². The molecular weight excluding hydrogens is 318 g/mol. The lowest BCUT2D eigenvalue weighted by molar-refractivity contribution is -0.135. The van der Waals surface area contributed by atoms with Gasteiger partial charge in [0.2, 0.25) is 0 Å². The number of hydrazone groups is 1. The van der Waals surface area contributed by atoms with Crippen molar-refractivity contribution in [2.75, 3.05) is 37.9 Å². The first kappa shape index (κ1) is 16.5. The van der Waals surface area contributed by atoms with Crippen LogP contribution >= 0.6 is 0 Å². The van der Waals surface area contributed by atoms with E-state index in [9.17, 15) is 4.79 Å². The van der Waals surface area contributed by atoms with Crippen LogP contribution in [0.4, 0.5) is 5.69 Å². The summed E-state index contributed by atoms with van der Waals surface area (Å²) in [5.74, 6) is -0.185. The van der Waals surface area contributed by atoms with Gasteiger partial charge in [-0.15, -0.1) is 0 Å². The van der Waals surface area contributed by atoms with Crippen LogP contribution in [0.1, 0.15) is 26.2 Å². The van der Waals surface area contributed by atoms with Crippen LogP contribution in [0.15, 0.2) is 35.4 Å². The van der Waals surface area contributed by atoms with Crippen molar-refractivity contribution < 1.29 is 14.3 Å². The topological polar surface area (TPSA) is 54.4 Å². The highest BCUT2D eigenvalue weighted by Gasteiger charge is 2.59. The number of morpholine rings is 1. The Labute approximate surface area is 148 Å². The van der Waals surface area contributed by atoms with E-state index in [-0.39, 0.29) is 17.6 Å². The lowest BCUT2D eigenvalue weighted by Crippen LogP contribution is -2.62. The van der Waals surface area contributed by atoms with Crippen LogP contribution in [0.5, 0.6) is 0 Å². The molecule has 0 spiro atoms. The number of para-hydroxylation sites is 1. The molecule has 1 aromatic rings. The van der Waals surface area contributed by atoms with Gasteiger partial charge in [-0.3, -0.25) is 4.90 Å². The largest absolute Gasteiger partial charge is 0.461 e. The lowest BCUT2D eigenvalue weighted by Gasteiger charge is -2.48. The van der Waals surface area contributed by atoms with E-state index >= 15 is 0 Å². The summed E-state index contributed by atoms with van der Waals surface area (Å²) in [4.78, 5) is 15.0. The van der Waals surface area contributed by atoms with E-state index in [2.05, 4.69) is 22.0 Å². The Hall–Kier alpha value is -1.92. The number of ether oxygens (including phenoxy) is 2. The molecule has 3 aliphatic rings. The van der Waals surface area contributed by atoms with E-state index in [0.717, 1.165) is 51.3 Å². The van der Waals surface area contributed by atoms with Crippen LogP contribution < -0.4 is 5.01 Å². The minimum Gasteiger partial charge on any atom is -0.461 e. The zero-order chi connectivity index (χ0) is 17.3. The summed E-state index contributed by atoms with van der Waals surface area (Å²) < 4.78 is 10.9. The minimum absolute atomic E-state index is 0.0878. The molecule has 6 nitrogen and oxygen atoms in total. The number of hydrogen-bond acceptors (Lipinski definition) is 6. The van der Waals surface area contributed by atoms with Gasteiger partial charge in [-0.1, -0.05) is 18.2 Å². The summed E-state index contributed by atoms with van der Waals surface area (Å²) >= 11 is 0. The zero-order valence-electron chi connectivity index (χ0n) is 14.7. The first-order valence-corrected chi connectivity index (χ1v) is 9.21. The van der Waals surface area contributed by atoms with Crippen LogP contribution in [-0.4, -0.2) is 55.2 Å². The van der Waals surface area contributed by atoms with Crippen molar-refractivity contribution in [2.24, 2.45) is 11.0 Å². The van der Waals surface area contributed by atoms with Crippen molar-refractivity contribution in [3.8, 4) is 0 Å². The number of anilines is 1. The van der Waals surface area contributed by atoms with Gasteiger partial charge in [-0.05, 0) is 38.3 Å². The molecule has 0 unspecified atom stereocenters. The molecule has 6 heteroatoms. The van der Waals surface area contributed by atoms with Crippen molar-refractivity contribution in [1.82, 2.24) is 4.90 Å². The molecule has 0 bridgehead atoms. The molecule has 134 valence electrons. The van der Waals surface area contributed by atoms with Crippen molar-refractivity contribution in [1.29, 1.82) is 0 Å². The Balaban J connectivity index is 1.77. The standard InChI is InChI=1S/C19H25N3O3/c1-2-25-18(23)17-16-9-6-10-19(16,21-11-13-24-14-12-21)22(20-17)15-7-4-3-5-8-15/h3-5,7-8,16H,2,6,9-14H2,1H3/t16-,19-/m1/s1. The quantitative estimate of drug-likeness (QED) is 0.785. The molecule has 0 amide bonds. The Bertz CT molecular complexity index is 657. The van der Waals surface area contributed by atoms with Gasteiger partial charge in [0.1, 0.15) is 5.66 Å². The summed E-state index contributed by atoms with van der Waals surface area (Å²) in [5, 5.41) is 6.89. The predicted octanol–water partition coefficient (Wildman–Crippen LogP) is 2.25. The highest BCUT2D eigenvalue weighted by atomic mass is 16.5. The zero-order valence-corrected chi connectivity index (χ0v) is 14.7. The molecule has 1 saturated carbocycles. The van der Waals surface area contributed by atoms with Gasteiger partial charge in [0.25, 0.3) is 0 Å². The molecule has 25 heavy (non-hydrogen) atoms. The van der Waals surface area contributed by atoms with Crippen LogP contribution in [-0.2, 0) is 14.3 Å². The normalized spacial score (nSPS) is 29.4. The van der Waals surface area contributed by atoms with Gasteiger partial charge < -0.3 is 9.47 Å². The van der Waals surface area contributed by atoms with Crippen molar-refractivity contribution in [2.45, 2.75) is 31.8 Å². The molecule has 0 aromatic heterocycles. The molecule has 2 heterocycles. The maximum Gasteiger partial charge on any atom is 0.354 e. The fraction of sp³-hybridized carbons (Fsp3) is 0.579. The average Bonchev–Trinajstić information content (AvgIpc) is 3.22. The molecule has 2 atom stereocenters. The SMILES string of the molecule is CCOC(=O)C1=NN(c2ccccc2)[C@]2(N3CCOCC3)CCC[C@H]12. The van der Waals surface area contributed by atoms with Crippen molar-refractivity contribution in [3.63, 3.8) is 0 Å². The maximum atomic E-state index is 12.6. The number of hydrogen-bond donors (Lipinski definition) is 0. The lowest BCUT2D eigenvalue weighted by atomic mass is 9.89. The number of nitrogens with zero attached hydrogens (tertiary/aromatic N) is 3. The first-order valence-electron chi connectivity index (χ1n) is 9.21. The van der Waals surface area contributed by atoms with E-state index in [0.29, 0.717) is 12.3 Å². The number of carbonyl (C=O) groups excluding carboxylic acids is 1. The van der Waals surface area contributed by atoms with E-state index in [1.807, 2.05) is 25.1 Å². The average molecular weight is 343 g/mol. The summed E-state index contributed by atoms with van der Waals surface area (Å²) in [7, 11) is 0. The van der Waals surface area contributed by atoms with Gasteiger partial charge in [0.15, 0.2) is 5.71 Å². The molecule has 4 rings (SSSR count). The highest BCUT2D eigenvalue weighted by molar-refractivity contribution is 6.38. The molecule has 1 aromatic carbocycles. The Morgan fingerprint density at radius 1 is 1.32 bits per heavy atom. The second-order valence-corrected chi connectivity index (χ2v) is 6.78. The molecule has 0 radical (unpaired) electrons. The van der Waals surface area contributed by atoms with Gasteiger partial charge in [0.05, 0.1) is 25.5 Å². The summed E-state index contributed by atoms with van der Waals surface area (Å²) in [6.07, 6.45) is 3.06.